The van der Waals surface area contributed by atoms with Crippen LogP contribution in [0.1, 0.15) is 90.7 Å². The molecule has 10 N–H and O–H groups in total. The Balaban J connectivity index is 0.000000523. The van der Waals surface area contributed by atoms with Gasteiger partial charge in [-0.25, -0.2) is 24.0 Å². The Labute approximate surface area is 467 Å². The van der Waals surface area contributed by atoms with Gasteiger partial charge in [-0.3, -0.25) is 20.2 Å². The minimum Gasteiger partial charge on any atom is -0.507 e. The number of nitrogens with two attached hydrogens (primary N) is 1. The van der Waals surface area contributed by atoms with Crippen LogP contribution in [0.25, 0.3) is 0 Å². The lowest BCUT2D eigenvalue weighted by atomic mass is 10.1. The second kappa shape index (κ2) is 28.9. The third-order valence-electron chi connectivity index (χ3n) is 9.64. The number of benzene rings is 6. The van der Waals surface area contributed by atoms with Gasteiger partial charge < -0.3 is 46.6 Å². The Kier molecular flexibility index (Phi) is 24.6. The van der Waals surface area contributed by atoms with Crippen molar-refractivity contribution in [3.63, 3.8) is 0 Å². The average molecular weight is 1270 g/mol. The highest BCUT2D eigenvalue weighted by atomic mass is 19.4. The van der Waals surface area contributed by atoms with Crippen LogP contribution in [-0.4, -0.2) is 80.5 Å². The number of hydrogen-bond donors (Lipinski definition) is 9. The number of nitrogens with zero attached hydrogens (tertiary/aromatic N) is 3. The first-order valence-corrected chi connectivity index (χ1v) is 21.3. The monoisotopic (exact) mass is 1270 g/mol. The smallest absolute Gasteiger partial charge is 0.422 e. The Morgan fingerprint density at radius 1 is 0.391 bits per heavy atom. The van der Waals surface area contributed by atoms with Gasteiger partial charge in [-0.2, -0.15) is 84.3 Å². The molecule has 0 radical (unpaired) electrons. The molecule has 0 aliphatic heterocycles. The number of carbonyl (C=O) groups is 5. The van der Waals surface area contributed by atoms with Gasteiger partial charge in [0.2, 0.25) is 0 Å². The van der Waals surface area contributed by atoms with Crippen LogP contribution in [0, 0.1) is 31.6 Å². The van der Waals surface area contributed by atoms with Gasteiger partial charge in [0.1, 0.15) is 33.9 Å². The number of rotatable bonds is 7. The van der Waals surface area contributed by atoms with Gasteiger partial charge >= 0.3 is 66.9 Å². The fourth-order valence-electron chi connectivity index (χ4n) is 5.68. The van der Waals surface area contributed by atoms with Crippen molar-refractivity contribution in [3.8, 4) is 23.3 Å². The van der Waals surface area contributed by atoms with Crippen LogP contribution in [-0.2, 0) is 37.1 Å². The van der Waals surface area contributed by atoms with Gasteiger partial charge in [0.15, 0.2) is 0 Å². The van der Waals surface area contributed by atoms with E-state index in [9.17, 15) is 123 Å². The van der Waals surface area contributed by atoms with Crippen molar-refractivity contribution in [2.45, 2.75) is 37.1 Å². The van der Waals surface area contributed by atoms with Crippen LogP contribution in [0.4, 0.5) is 96.1 Å². The second-order valence-electron chi connectivity index (χ2n) is 15.6. The number of nitro groups is 2. The number of phenolic OH excluding ortho intramolecular Hbond substituents is 3. The number of aromatic carboxylic acids is 5. The van der Waals surface area contributed by atoms with E-state index < -0.39 is 161 Å². The van der Waals surface area contributed by atoms with Crippen molar-refractivity contribution < 1.29 is 154 Å². The first kappa shape index (κ1) is 73.9. The maximum absolute atomic E-state index is 12.3. The van der Waals surface area contributed by atoms with Crippen molar-refractivity contribution in [1.29, 1.82) is 5.26 Å². The molecule has 0 aliphatic rings. The molecule has 39 heteroatoms. The van der Waals surface area contributed by atoms with E-state index in [1.165, 1.54) is 0 Å². The summed E-state index contributed by atoms with van der Waals surface area (Å²) >= 11 is 0. The highest BCUT2D eigenvalue weighted by molar-refractivity contribution is 5.93. The summed E-state index contributed by atoms with van der Waals surface area (Å²) in [5.74, 6) is -10.7. The van der Waals surface area contributed by atoms with Crippen molar-refractivity contribution in [3.05, 3.63) is 196 Å². The number of carboxylic acids is 5. The zero-order valence-electron chi connectivity index (χ0n) is 41.4. The third kappa shape index (κ3) is 22.5. The number of carboxylic acid groups (broad SMARTS) is 5. The number of alkyl halides is 18. The first-order chi connectivity index (χ1) is 39.4. The van der Waals surface area contributed by atoms with E-state index in [-0.39, 0.29) is 28.8 Å². The van der Waals surface area contributed by atoms with Crippen LogP contribution in [0.5, 0.6) is 17.2 Å². The van der Waals surface area contributed by atoms with Gasteiger partial charge in [0.25, 0.3) is 11.4 Å². The molecular weight excluding hydrogens is 1250 g/mol. The van der Waals surface area contributed by atoms with Crippen molar-refractivity contribution in [2.75, 3.05) is 5.73 Å². The standard InChI is InChI=1S/C8H4F3NO5.C8H4F3NO4.C8H6F3NO2.C8H4F3NO.C8H5F3O3.C8H5F3O2/c9-8(10,11)4-2-5(12(16)17)3(7(14)15)1-6(4)13;9-8(10,11)5-2-1-4(7(13)14)3-6(5)12(15)16;9-8(10,11)5-2-1-4(7(13)14)3-6(5)12;9-8(10,11)6-2-1-5(4-12)3-7(6)13;9-8(10,11)5-2-1-4(7(13)14)3-6(5)12;9-8(10,11)6-3-1-5(2-4-6)7(12)13/h1-2,13H,(H,14,15);1-3H,(H,13,14);1-3H,12H2,(H,13,14);1-3,13H;1-3,12H,(H,13,14);1-4H,(H,12,13). The number of aromatic hydroxyl groups is 3. The lowest BCUT2D eigenvalue weighted by Gasteiger charge is -2.09. The van der Waals surface area contributed by atoms with Crippen LogP contribution in [0.15, 0.2) is 109 Å². The lowest BCUT2D eigenvalue weighted by Crippen LogP contribution is -2.10. The number of hydrogen-bond acceptors (Lipinski definition) is 14. The predicted octanol–water partition coefficient (Wildman–Crippen LogP) is 13.1. The maximum Gasteiger partial charge on any atom is 0.422 e. The summed E-state index contributed by atoms with van der Waals surface area (Å²) in [7, 11) is 0. The van der Waals surface area contributed by atoms with Gasteiger partial charge in [-0.1, -0.05) is 0 Å². The van der Waals surface area contributed by atoms with Crippen molar-refractivity contribution in [1.82, 2.24) is 0 Å². The predicted molar refractivity (Wildman–Crippen MR) is 251 cm³/mol. The van der Waals surface area contributed by atoms with E-state index in [2.05, 4.69) is 0 Å². The Hall–Kier alpha value is -11.1. The Bertz CT molecular complexity index is 3500. The number of phenols is 3. The molecule has 0 unspecified atom stereocenters. The number of nitrogen functional groups attached to an aromatic ring is 1. The van der Waals surface area contributed by atoms with E-state index in [0.29, 0.717) is 42.5 Å². The molecule has 87 heavy (non-hydrogen) atoms. The Morgan fingerprint density at radius 3 is 1.05 bits per heavy atom. The number of nitro benzene ring substituents is 2. The molecule has 0 heterocycles. The molecule has 0 aromatic heterocycles. The highest BCUT2D eigenvalue weighted by Gasteiger charge is 2.40. The summed E-state index contributed by atoms with van der Waals surface area (Å²) < 4.78 is 218. The van der Waals surface area contributed by atoms with Crippen LogP contribution in [0.3, 0.4) is 0 Å². The van der Waals surface area contributed by atoms with Gasteiger partial charge in [-0.05, 0) is 91.0 Å². The summed E-state index contributed by atoms with van der Waals surface area (Å²) in [6.07, 6.45) is -28.1. The maximum atomic E-state index is 12.3. The lowest BCUT2D eigenvalue weighted by molar-refractivity contribution is -0.388. The SMILES string of the molecule is N#Cc1ccc(C(F)(F)F)c(O)c1.Nc1cc(C(=O)O)ccc1C(F)(F)F.O=C(O)c1cc(O)c(C(F)(F)F)cc1[N+](=O)[O-].O=C(O)c1ccc(C(F)(F)F)c(O)c1.O=C(O)c1ccc(C(F)(F)F)c([N+](=O)[O-])c1.O=C(O)c1ccc(C(F)(F)F)cc1. The minimum atomic E-state index is -5.01. The summed E-state index contributed by atoms with van der Waals surface area (Å²) in [5.41, 5.74) is -7.82. The fourth-order valence-corrected chi connectivity index (χ4v) is 5.68. The van der Waals surface area contributed by atoms with E-state index in [0.717, 1.165) is 54.6 Å². The van der Waals surface area contributed by atoms with Crippen LogP contribution < -0.4 is 5.73 Å². The summed E-state index contributed by atoms with van der Waals surface area (Å²) in [6, 6.07) is 13.2. The van der Waals surface area contributed by atoms with Crippen LogP contribution in [0.2, 0.25) is 0 Å². The van der Waals surface area contributed by atoms with Crippen LogP contribution >= 0.6 is 0 Å². The third-order valence-corrected chi connectivity index (χ3v) is 9.64. The molecule has 0 atom stereocenters. The van der Waals surface area contributed by atoms with Crippen molar-refractivity contribution in [2.24, 2.45) is 0 Å². The molecule has 0 bridgehead atoms. The van der Waals surface area contributed by atoms with Gasteiger partial charge in [0.05, 0.1) is 66.0 Å². The average Bonchev–Trinajstić information content (AvgIpc) is 1.30. The molecule has 0 saturated carbocycles. The summed E-state index contributed by atoms with van der Waals surface area (Å²) in [4.78, 5) is 70.2. The molecule has 6 rings (SSSR count). The highest BCUT2D eigenvalue weighted by Crippen LogP contribution is 2.41. The normalized spacial score (nSPS) is 11.2. The fraction of sp³-hybridized carbons (Fsp3) is 0.125. The largest absolute Gasteiger partial charge is 0.507 e. The van der Waals surface area contributed by atoms with Gasteiger partial charge in [0, 0.05) is 23.9 Å². The van der Waals surface area contributed by atoms with E-state index >= 15 is 0 Å². The first-order valence-electron chi connectivity index (χ1n) is 21.3. The summed E-state index contributed by atoms with van der Waals surface area (Å²) in [6.45, 7) is 0. The van der Waals surface area contributed by atoms with Crippen molar-refractivity contribution >= 4 is 46.9 Å². The number of anilines is 1. The zero-order valence-corrected chi connectivity index (χ0v) is 41.4. The minimum absolute atomic E-state index is 0.00880. The molecule has 21 nitrogen and oxygen atoms in total. The van der Waals surface area contributed by atoms with E-state index in [1.807, 2.05) is 0 Å². The Morgan fingerprint density at radius 2 is 0.724 bits per heavy atom. The molecule has 0 fully saturated rings. The number of halogens is 18. The molecule has 0 saturated heterocycles. The topological polar surface area (TPSA) is 383 Å². The molecular formula is C48H28F18N4O17. The second-order valence-corrected chi connectivity index (χ2v) is 15.6. The molecule has 468 valence electrons. The zero-order chi connectivity index (χ0) is 67.9. The van der Waals surface area contributed by atoms with E-state index in [4.69, 9.17) is 51.8 Å². The van der Waals surface area contributed by atoms with E-state index in [1.54, 1.807) is 6.07 Å². The van der Waals surface area contributed by atoms with Gasteiger partial charge in [-0.15, -0.1) is 0 Å². The molecule has 0 aliphatic carbocycles. The molecule has 6 aromatic carbocycles. The quantitative estimate of drug-likeness (QED) is 0.0310. The molecule has 0 spiro atoms. The summed E-state index contributed by atoms with van der Waals surface area (Å²) in [5, 5.41) is 98.1. The number of nitriles is 1. The molecule has 6 aromatic rings. The molecule has 0 amide bonds.